The van der Waals surface area contributed by atoms with Crippen molar-refractivity contribution in [1.29, 1.82) is 0 Å². The number of amides is 1. The monoisotopic (exact) mass is 346 g/mol. The zero-order valence-corrected chi connectivity index (χ0v) is 14.3. The predicted octanol–water partition coefficient (Wildman–Crippen LogP) is 3.17. The Morgan fingerprint density at radius 2 is 2.00 bits per heavy atom. The summed E-state index contributed by atoms with van der Waals surface area (Å²) >= 11 is 0. The maximum absolute atomic E-state index is 13.5. The lowest BCUT2D eigenvalue weighted by atomic mass is 9.93. The Morgan fingerprint density at radius 3 is 2.65 bits per heavy atom. The second kappa shape index (κ2) is 9.83. The molecule has 1 aliphatic heterocycles. The quantitative estimate of drug-likeness (QED) is 0.858. The fourth-order valence-electron chi connectivity index (χ4n) is 2.95. The molecule has 1 heterocycles. The summed E-state index contributed by atoms with van der Waals surface area (Å²) in [5.74, 6) is -0.193. The van der Waals surface area contributed by atoms with Gasteiger partial charge in [-0.1, -0.05) is 0 Å². The molecule has 1 fully saturated rings. The van der Waals surface area contributed by atoms with Crippen molar-refractivity contribution >= 4 is 18.3 Å². The maximum Gasteiger partial charge on any atom is 0.222 e. The highest BCUT2D eigenvalue weighted by atomic mass is 35.5. The number of nitrogens with one attached hydrogen (secondary N) is 1. The van der Waals surface area contributed by atoms with Gasteiger partial charge in [-0.05, 0) is 69.0 Å². The van der Waals surface area contributed by atoms with Gasteiger partial charge in [-0.15, -0.1) is 12.4 Å². The lowest BCUT2D eigenvalue weighted by Crippen LogP contribution is -2.39. The SMILES string of the molecule is CNCCC1CCN(C(=O)CCc2cc(F)ccc2F)CC1.Cl. The van der Waals surface area contributed by atoms with E-state index in [1.807, 2.05) is 11.9 Å². The van der Waals surface area contributed by atoms with Crippen LogP contribution >= 0.6 is 12.4 Å². The van der Waals surface area contributed by atoms with Crippen LogP contribution in [0.1, 0.15) is 31.2 Å². The Balaban J connectivity index is 0.00000264. The summed E-state index contributed by atoms with van der Waals surface area (Å²) in [6.45, 7) is 2.56. The summed E-state index contributed by atoms with van der Waals surface area (Å²) in [5, 5.41) is 3.15. The van der Waals surface area contributed by atoms with Crippen LogP contribution in [0.5, 0.6) is 0 Å². The van der Waals surface area contributed by atoms with Crippen LogP contribution in [0.25, 0.3) is 0 Å². The van der Waals surface area contributed by atoms with E-state index in [4.69, 9.17) is 0 Å². The number of nitrogens with zero attached hydrogens (tertiary/aromatic N) is 1. The van der Waals surface area contributed by atoms with Crippen molar-refractivity contribution in [2.24, 2.45) is 5.92 Å². The van der Waals surface area contributed by atoms with Gasteiger partial charge < -0.3 is 10.2 Å². The zero-order valence-electron chi connectivity index (χ0n) is 13.5. The van der Waals surface area contributed by atoms with E-state index in [0.29, 0.717) is 5.92 Å². The van der Waals surface area contributed by atoms with Crippen LogP contribution in [0.3, 0.4) is 0 Å². The van der Waals surface area contributed by atoms with Crippen LogP contribution in [-0.2, 0) is 11.2 Å². The summed E-state index contributed by atoms with van der Waals surface area (Å²) in [7, 11) is 1.95. The molecule has 0 aliphatic carbocycles. The number of hydrogen-bond donors (Lipinski definition) is 1. The van der Waals surface area contributed by atoms with Crippen LogP contribution in [0.15, 0.2) is 18.2 Å². The minimum absolute atomic E-state index is 0. The average molecular weight is 347 g/mol. The predicted molar refractivity (Wildman–Crippen MR) is 89.8 cm³/mol. The van der Waals surface area contributed by atoms with Gasteiger partial charge in [-0.3, -0.25) is 4.79 Å². The van der Waals surface area contributed by atoms with E-state index in [9.17, 15) is 13.6 Å². The van der Waals surface area contributed by atoms with Crippen molar-refractivity contribution in [3.05, 3.63) is 35.4 Å². The van der Waals surface area contributed by atoms with Crippen molar-refractivity contribution in [2.45, 2.75) is 32.1 Å². The first-order valence-electron chi connectivity index (χ1n) is 7.96. The molecule has 130 valence electrons. The van der Waals surface area contributed by atoms with Crippen LogP contribution in [0.2, 0.25) is 0 Å². The first-order chi connectivity index (χ1) is 10.6. The summed E-state index contributed by atoms with van der Waals surface area (Å²) in [4.78, 5) is 14.0. The third-order valence-electron chi connectivity index (χ3n) is 4.39. The molecule has 0 radical (unpaired) electrons. The van der Waals surface area contributed by atoms with E-state index in [0.717, 1.165) is 51.0 Å². The molecule has 2 rings (SSSR count). The lowest BCUT2D eigenvalue weighted by molar-refractivity contribution is -0.132. The Hall–Kier alpha value is -1.20. The van der Waals surface area contributed by atoms with Crippen molar-refractivity contribution in [3.63, 3.8) is 0 Å². The molecule has 0 saturated carbocycles. The van der Waals surface area contributed by atoms with Gasteiger partial charge in [-0.2, -0.15) is 0 Å². The molecular formula is C17H25ClF2N2O. The van der Waals surface area contributed by atoms with Crippen molar-refractivity contribution in [3.8, 4) is 0 Å². The van der Waals surface area contributed by atoms with E-state index >= 15 is 0 Å². The first-order valence-corrected chi connectivity index (χ1v) is 7.96. The molecule has 0 bridgehead atoms. The number of benzene rings is 1. The summed E-state index contributed by atoms with van der Waals surface area (Å²) < 4.78 is 26.6. The second-order valence-electron chi connectivity index (χ2n) is 5.95. The van der Waals surface area contributed by atoms with Gasteiger partial charge in [0.1, 0.15) is 11.6 Å². The molecule has 1 saturated heterocycles. The minimum atomic E-state index is -0.464. The molecule has 0 aromatic heterocycles. The van der Waals surface area contributed by atoms with Crippen LogP contribution in [-0.4, -0.2) is 37.5 Å². The minimum Gasteiger partial charge on any atom is -0.343 e. The molecule has 0 spiro atoms. The van der Waals surface area contributed by atoms with Gasteiger partial charge >= 0.3 is 0 Å². The van der Waals surface area contributed by atoms with Gasteiger partial charge in [0.25, 0.3) is 0 Å². The number of hydrogen-bond acceptors (Lipinski definition) is 2. The summed E-state index contributed by atoms with van der Waals surface area (Å²) in [5.41, 5.74) is 0.275. The first kappa shape index (κ1) is 19.8. The van der Waals surface area contributed by atoms with E-state index in [1.165, 1.54) is 6.07 Å². The molecule has 1 amide bonds. The molecule has 3 nitrogen and oxygen atoms in total. The third-order valence-corrected chi connectivity index (χ3v) is 4.39. The standard InChI is InChI=1S/C17H24F2N2O.ClH/c1-20-9-6-13-7-10-21(11-8-13)17(22)5-2-14-12-15(18)3-4-16(14)19;/h3-4,12-13,20H,2,5-11H2,1H3;1H. The van der Waals surface area contributed by atoms with Crippen LogP contribution < -0.4 is 5.32 Å². The number of halogens is 3. The molecule has 0 atom stereocenters. The largest absolute Gasteiger partial charge is 0.343 e. The molecule has 1 aliphatic rings. The van der Waals surface area contributed by atoms with Gasteiger partial charge in [0.15, 0.2) is 0 Å². The third kappa shape index (κ3) is 6.07. The van der Waals surface area contributed by atoms with Crippen LogP contribution in [0.4, 0.5) is 8.78 Å². The fourth-order valence-corrected chi connectivity index (χ4v) is 2.95. The molecular weight excluding hydrogens is 322 g/mol. The highest BCUT2D eigenvalue weighted by molar-refractivity contribution is 5.85. The second-order valence-corrected chi connectivity index (χ2v) is 5.95. The number of aryl methyl sites for hydroxylation is 1. The summed E-state index contributed by atoms with van der Waals surface area (Å²) in [6.07, 6.45) is 3.69. The Morgan fingerprint density at radius 1 is 1.30 bits per heavy atom. The molecule has 23 heavy (non-hydrogen) atoms. The van der Waals surface area contributed by atoms with E-state index < -0.39 is 11.6 Å². The van der Waals surface area contributed by atoms with E-state index in [-0.39, 0.29) is 36.7 Å². The normalized spacial score (nSPS) is 15.3. The van der Waals surface area contributed by atoms with Gasteiger partial charge in [0.2, 0.25) is 5.91 Å². The zero-order chi connectivity index (χ0) is 15.9. The fraction of sp³-hybridized carbons (Fsp3) is 0.588. The average Bonchev–Trinajstić information content (AvgIpc) is 2.54. The van der Waals surface area contributed by atoms with Gasteiger partial charge in [-0.25, -0.2) is 8.78 Å². The van der Waals surface area contributed by atoms with Gasteiger partial charge in [0, 0.05) is 19.5 Å². The molecule has 1 aromatic rings. The van der Waals surface area contributed by atoms with Crippen molar-refractivity contribution in [1.82, 2.24) is 10.2 Å². The molecule has 1 aromatic carbocycles. The van der Waals surface area contributed by atoms with Crippen LogP contribution in [0, 0.1) is 17.6 Å². The topological polar surface area (TPSA) is 32.3 Å². The Kier molecular flexibility index (Phi) is 8.48. The van der Waals surface area contributed by atoms with Crippen molar-refractivity contribution < 1.29 is 13.6 Å². The van der Waals surface area contributed by atoms with Crippen molar-refractivity contribution in [2.75, 3.05) is 26.7 Å². The lowest BCUT2D eigenvalue weighted by Gasteiger charge is -2.32. The Labute approximate surface area is 142 Å². The van der Waals surface area contributed by atoms with Gasteiger partial charge in [0.05, 0.1) is 0 Å². The van der Waals surface area contributed by atoms with E-state index in [1.54, 1.807) is 0 Å². The molecule has 1 N–H and O–H groups in total. The molecule has 0 unspecified atom stereocenters. The highest BCUT2D eigenvalue weighted by Crippen LogP contribution is 2.21. The maximum atomic E-state index is 13.5. The molecule has 6 heteroatoms. The Bertz CT molecular complexity index is 505. The summed E-state index contributed by atoms with van der Waals surface area (Å²) in [6, 6.07) is 3.38. The number of rotatable bonds is 6. The number of piperidine rings is 1. The number of carbonyl (C=O) groups is 1. The number of likely N-dealkylation sites (tertiary alicyclic amines) is 1. The smallest absolute Gasteiger partial charge is 0.222 e. The number of carbonyl (C=O) groups excluding carboxylic acids is 1. The van der Waals surface area contributed by atoms with E-state index in [2.05, 4.69) is 5.32 Å². The highest BCUT2D eigenvalue weighted by Gasteiger charge is 2.22.